The Morgan fingerprint density at radius 2 is 0.975 bits per heavy atom. The zero-order valence-electron chi connectivity index (χ0n) is 23.0. The van der Waals surface area contributed by atoms with Gasteiger partial charge in [-0.3, -0.25) is 0 Å². The van der Waals surface area contributed by atoms with Crippen LogP contribution in [-0.4, -0.2) is 0 Å². The first-order valence-electron chi connectivity index (χ1n) is 14.0. The van der Waals surface area contributed by atoms with Crippen molar-refractivity contribution in [2.24, 2.45) is 0 Å². The van der Waals surface area contributed by atoms with E-state index in [1.165, 1.54) is 11.1 Å². The average Bonchev–Trinajstić information content (AvgIpc) is 3.01. The van der Waals surface area contributed by atoms with E-state index < -0.39 is 14.3 Å². The van der Waals surface area contributed by atoms with Crippen LogP contribution in [0.1, 0.15) is 30.5 Å². The van der Waals surface area contributed by atoms with Gasteiger partial charge in [-0.25, -0.2) is 0 Å². The van der Waals surface area contributed by atoms with Crippen LogP contribution in [0.4, 0.5) is 17.1 Å². The molecule has 2 aliphatic heterocycles. The van der Waals surface area contributed by atoms with Gasteiger partial charge in [-0.1, -0.05) is 86.6 Å². The van der Waals surface area contributed by atoms with Gasteiger partial charge in [0.25, 0.3) is 0 Å². The predicted octanol–water partition coefficient (Wildman–Crippen LogP) is 6.50. The molecule has 5 aromatic carbocycles. The quantitative estimate of drug-likeness (QED) is 0.231. The molecule has 0 N–H and O–H groups in total. The number of fused-ring (bicyclic) bond motifs is 4. The van der Waals surface area contributed by atoms with Gasteiger partial charge in [0.05, 0.1) is 17.1 Å². The van der Waals surface area contributed by atoms with Crippen molar-refractivity contribution in [3.05, 3.63) is 126 Å². The van der Waals surface area contributed by atoms with Crippen molar-refractivity contribution in [3.63, 3.8) is 0 Å². The summed E-state index contributed by atoms with van der Waals surface area (Å²) in [5.74, 6) is 0. The first-order valence-corrected chi connectivity index (χ1v) is 17.4. The monoisotopic (exact) mass is 559 g/mol. The number of anilines is 3. The summed E-state index contributed by atoms with van der Waals surface area (Å²) in [5, 5.41) is 4.82. The lowest BCUT2D eigenvalue weighted by molar-refractivity contribution is 0.592. The summed E-state index contributed by atoms with van der Waals surface area (Å²) < 4.78 is 31.5. The molecule has 0 saturated carbocycles. The van der Waals surface area contributed by atoms with Gasteiger partial charge in [0, 0.05) is 31.8 Å². The molecular formula is C35H31NO2P2. The topological polar surface area (TPSA) is 37.4 Å². The summed E-state index contributed by atoms with van der Waals surface area (Å²) in [5.41, 5.74) is 6.01. The van der Waals surface area contributed by atoms with E-state index in [0.717, 1.165) is 67.3 Å². The molecule has 2 heterocycles. The molecule has 198 valence electrons. The van der Waals surface area contributed by atoms with Crippen LogP contribution in [0.25, 0.3) is 0 Å². The molecule has 0 radical (unpaired) electrons. The van der Waals surface area contributed by atoms with E-state index >= 15 is 9.13 Å². The van der Waals surface area contributed by atoms with Gasteiger partial charge in [-0.05, 0) is 72.9 Å². The average molecular weight is 560 g/mol. The normalized spacial score (nSPS) is 20.4. The molecule has 2 aliphatic rings. The fourth-order valence-corrected chi connectivity index (χ4v) is 12.6. The number of hydrogen-bond donors (Lipinski definition) is 0. The molecule has 2 unspecified atom stereocenters. The highest BCUT2D eigenvalue weighted by Crippen LogP contribution is 2.60. The van der Waals surface area contributed by atoms with Crippen LogP contribution in [0.5, 0.6) is 0 Å². The highest BCUT2D eigenvalue weighted by Gasteiger charge is 2.49. The third kappa shape index (κ3) is 3.38. The summed E-state index contributed by atoms with van der Waals surface area (Å²) in [7, 11) is -6.58. The Labute approximate surface area is 236 Å². The standard InChI is InChI=1S/C35H31NO2P2/c1-4-25-16-18-31-29(22-25)36-30-23-26(5-2)17-19-32(30)40(38,28-14-10-7-11-15-28)34-21-24(3)20-33(35(34)36)39(31,37)27-12-8-6-9-13-27/h6-23H,4-5H2,1-3H3. The van der Waals surface area contributed by atoms with Crippen LogP contribution in [0.15, 0.2) is 109 Å². The van der Waals surface area contributed by atoms with Crippen LogP contribution in [-0.2, 0) is 22.0 Å². The molecular weight excluding hydrogens is 528 g/mol. The van der Waals surface area contributed by atoms with Crippen LogP contribution in [0.2, 0.25) is 0 Å². The van der Waals surface area contributed by atoms with Gasteiger partial charge in [-0.15, -0.1) is 0 Å². The van der Waals surface area contributed by atoms with Gasteiger partial charge in [-0.2, -0.15) is 0 Å². The molecule has 0 aromatic heterocycles. The zero-order chi connectivity index (χ0) is 27.6. The lowest BCUT2D eigenvalue weighted by Gasteiger charge is -2.45. The molecule has 3 nitrogen and oxygen atoms in total. The first-order chi connectivity index (χ1) is 19.4. The van der Waals surface area contributed by atoms with Crippen molar-refractivity contribution < 1.29 is 9.13 Å². The molecule has 0 bridgehead atoms. The number of nitrogens with zero attached hydrogens (tertiary/aromatic N) is 1. The third-order valence-corrected chi connectivity index (χ3v) is 14.6. The maximum Gasteiger partial charge on any atom is 0.175 e. The number of benzene rings is 5. The SMILES string of the molecule is CCc1ccc2c(c1)N1c3cc(CC)ccc3P(=O)(c3ccccc3)c3cc(C)cc(c31)P2(=O)c1ccccc1. The highest BCUT2D eigenvalue weighted by atomic mass is 31.2. The molecule has 7 rings (SSSR count). The van der Waals surface area contributed by atoms with Crippen molar-refractivity contribution in [2.45, 2.75) is 33.6 Å². The first kappa shape index (κ1) is 25.3. The Morgan fingerprint density at radius 3 is 1.38 bits per heavy atom. The zero-order valence-corrected chi connectivity index (χ0v) is 24.8. The van der Waals surface area contributed by atoms with E-state index in [2.05, 4.69) is 67.3 Å². The van der Waals surface area contributed by atoms with E-state index in [0.29, 0.717) is 0 Å². The summed E-state index contributed by atoms with van der Waals surface area (Å²) in [6, 6.07) is 36.6. The molecule has 0 saturated heterocycles. The summed E-state index contributed by atoms with van der Waals surface area (Å²) >= 11 is 0. The molecule has 2 atom stereocenters. The van der Waals surface area contributed by atoms with Crippen molar-refractivity contribution in [3.8, 4) is 0 Å². The molecule has 0 amide bonds. The smallest absolute Gasteiger partial charge is 0.175 e. The predicted molar refractivity (Wildman–Crippen MR) is 171 cm³/mol. The van der Waals surface area contributed by atoms with E-state index in [1.54, 1.807) is 0 Å². The fraction of sp³-hybridized carbons (Fsp3) is 0.143. The molecule has 40 heavy (non-hydrogen) atoms. The largest absolute Gasteiger partial charge is 0.308 e. The van der Waals surface area contributed by atoms with Crippen molar-refractivity contribution >= 4 is 63.2 Å². The van der Waals surface area contributed by atoms with Crippen LogP contribution >= 0.6 is 14.3 Å². The second-order valence-corrected chi connectivity index (χ2v) is 16.1. The van der Waals surface area contributed by atoms with E-state index in [4.69, 9.17) is 0 Å². The maximum absolute atomic E-state index is 15.7. The molecule has 0 spiro atoms. The van der Waals surface area contributed by atoms with Gasteiger partial charge >= 0.3 is 0 Å². The lowest BCUT2D eigenvalue weighted by Crippen LogP contribution is -2.46. The van der Waals surface area contributed by atoms with Crippen molar-refractivity contribution in [2.75, 3.05) is 4.90 Å². The Morgan fingerprint density at radius 1 is 0.550 bits per heavy atom. The minimum Gasteiger partial charge on any atom is -0.308 e. The number of rotatable bonds is 4. The highest BCUT2D eigenvalue weighted by molar-refractivity contribution is 7.88. The van der Waals surface area contributed by atoms with Crippen LogP contribution in [0.3, 0.4) is 0 Å². The minimum atomic E-state index is -3.29. The van der Waals surface area contributed by atoms with Gasteiger partial charge in [0.2, 0.25) is 0 Å². The Bertz CT molecular complexity index is 1760. The summed E-state index contributed by atoms with van der Waals surface area (Å²) in [6.45, 7) is 6.32. The van der Waals surface area contributed by atoms with E-state index in [-0.39, 0.29) is 0 Å². The Kier molecular flexibility index (Phi) is 5.83. The van der Waals surface area contributed by atoms with Gasteiger partial charge in [0.15, 0.2) is 14.3 Å². The van der Waals surface area contributed by atoms with E-state index in [1.807, 2.05) is 67.6 Å². The van der Waals surface area contributed by atoms with Crippen LogP contribution < -0.4 is 36.7 Å². The third-order valence-electron chi connectivity index (χ3n) is 8.41. The van der Waals surface area contributed by atoms with Crippen LogP contribution in [0, 0.1) is 6.92 Å². The minimum absolute atomic E-state index is 0.772. The second kappa shape index (κ2) is 9.20. The van der Waals surface area contributed by atoms with Crippen molar-refractivity contribution in [1.82, 2.24) is 0 Å². The number of hydrogen-bond acceptors (Lipinski definition) is 3. The summed E-state index contributed by atoms with van der Waals surface area (Å²) in [4.78, 5) is 2.27. The fourth-order valence-electron chi connectivity index (χ4n) is 6.38. The second-order valence-electron chi connectivity index (χ2n) is 10.7. The van der Waals surface area contributed by atoms with Gasteiger partial charge in [0.1, 0.15) is 0 Å². The Balaban J connectivity index is 1.69. The summed E-state index contributed by atoms with van der Waals surface area (Å²) in [6.07, 6.45) is 1.74. The number of aryl methyl sites for hydroxylation is 3. The maximum atomic E-state index is 15.7. The Hall–Kier alpha value is -3.64. The lowest BCUT2D eigenvalue weighted by atomic mass is 10.1. The molecule has 5 heteroatoms. The van der Waals surface area contributed by atoms with E-state index in [9.17, 15) is 0 Å². The molecule has 0 fully saturated rings. The van der Waals surface area contributed by atoms with Crippen molar-refractivity contribution in [1.29, 1.82) is 0 Å². The molecule has 0 aliphatic carbocycles. The molecule has 5 aromatic rings. The van der Waals surface area contributed by atoms with Gasteiger partial charge < -0.3 is 14.0 Å².